The Morgan fingerprint density at radius 1 is 1.15 bits per heavy atom. The lowest BCUT2D eigenvalue weighted by molar-refractivity contribution is -0.137. The Morgan fingerprint density at radius 2 is 1.90 bits per heavy atom. The fourth-order valence-electron chi connectivity index (χ4n) is 1.37. The zero-order chi connectivity index (χ0) is 14.8. The maximum absolute atomic E-state index is 12.5. The van der Waals surface area contributed by atoms with Crippen molar-refractivity contribution in [3.8, 4) is 0 Å². The summed E-state index contributed by atoms with van der Waals surface area (Å²) in [6, 6.07) is 4.03. The predicted octanol–water partition coefficient (Wildman–Crippen LogP) is 2.30. The second-order valence-corrected chi connectivity index (χ2v) is 5.40. The monoisotopic (exact) mass is 303 g/mol. The summed E-state index contributed by atoms with van der Waals surface area (Å²) < 4.78 is 63.3. The van der Waals surface area contributed by atoms with Gasteiger partial charge in [0.1, 0.15) is 10.7 Å². The molecule has 0 fully saturated rings. The molecule has 0 aliphatic carbocycles. The van der Waals surface area contributed by atoms with Gasteiger partial charge in [-0.1, -0.05) is 0 Å². The molecule has 2 aromatic rings. The number of pyridine rings is 2. The minimum Gasteiger partial charge on any atom is -0.263 e. The normalized spacial score (nSPS) is 12.2. The maximum atomic E-state index is 12.5. The summed E-state index contributed by atoms with van der Waals surface area (Å²) in [7, 11) is -4.02. The van der Waals surface area contributed by atoms with Crippen LogP contribution in [0.2, 0.25) is 0 Å². The zero-order valence-electron chi connectivity index (χ0n) is 9.79. The average Bonchev–Trinajstić information content (AvgIpc) is 2.38. The molecule has 2 aromatic heterocycles. The summed E-state index contributed by atoms with van der Waals surface area (Å²) >= 11 is 0. The lowest BCUT2D eigenvalue weighted by Crippen LogP contribution is -2.15. The molecule has 0 saturated carbocycles. The minimum absolute atomic E-state index is 0.167. The Bertz CT molecular complexity index is 702. The first-order valence-electron chi connectivity index (χ1n) is 5.25. The molecule has 2 rings (SSSR count). The molecule has 20 heavy (non-hydrogen) atoms. The quantitative estimate of drug-likeness (QED) is 0.944. The fourth-order valence-corrected chi connectivity index (χ4v) is 2.33. The summed E-state index contributed by atoms with van der Waals surface area (Å²) in [5, 5.41) is 0. The number of sulfonamides is 1. The van der Waals surface area contributed by atoms with Crippen molar-refractivity contribution in [2.75, 3.05) is 4.72 Å². The number of hydrogen-bond acceptors (Lipinski definition) is 4. The van der Waals surface area contributed by atoms with E-state index in [4.69, 9.17) is 0 Å². The maximum Gasteiger partial charge on any atom is 0.416 e. The van der Waals surface area contributed by atoms with E-state index in [1.807, 2.05) is 4.72 Å². The number of nitrogens with one attached hydrogen (secondary N) is 1. The summed E-state index contributed by atoms with van der Waals surface area (Å²) in [5.41, 5.74) is -0.989. The van der Waals surface area contributed by atoms with E-state index in [2.05, 4.69) is 9.97 Å². The van der Waals surface area contributed by atoms with Crippen molar-refractivity contribution in [2.24, 2.45) is 0 Å². The van der Waals surface area contributed by atoms with Crippen molar-refractivity contribution < 1.29 is 21.6 Å². The van der Waals surface area contributed by atoms with Crippen LogP contribution in [0.15, 0.2) is 47.8 Å². The standard InChI is InChI=1S/C11H8F3N3O2S/c12-11(13,14)8-3-5-16-10(6-8)17-20(18,19)9-2-1-4-15-7-9/h1-7H,(H,16,17). The highest BCUT2D eigenvalue weighted by molar-refractivity contribution is 7.92. The van der Waals surface area contributed by atoms with Gasteiger partial charge in [0.15, 0.2) is 0 Å². The molecule has 2 heterocycles. The molecular formula is C11H8F3N3O2S. The number of aromatic nitrogens is 2. The highest BCUT2D eigenvalue weighted by atomic mass is 32.2. The second kappa shape index (κ2) is 5.08. The van der Waals surface area contributed by atoms with E-state index in [1.165, 1.54) is 18.3 Å². The number of rotatable bonds is 3. The van der Waals surface area contributed by atoms with Crippen molar-refractivity contribution in [2.45, 2.75) is 11.1 Å². The smallest absolute Gasteiger partial charge is 0.263 e. The van der Waals surface area contributed by atoms with Crippen LogP contribution in [0.4, 0.5) is 19.0 Å². The molecule has 0 radical (unpaired) electrons. The van der Waals surface area contributed by atoms with Gasteiger partial charge in [-0.15, -0.1) is 0 Å². The Labute approximate surface area is 112 Å². The van der Waals surface area contributed by atoms with Gasteiger partial charge in [0, 0.05) is 18.6 Å². The molecule has 106 valence electrons. The number of hydrogen-bond donors (Lipinski definition) is 1. The van der Waals surface area contributed by atoms with Crippen LogP contribution in [0, 0.1) is 0 Å². The zero-order valence-corrected chi connectivity index (χ0v) is 10.6. The van der Waals surface area contributed by atoms with E-state index in [9.17, 15) is 21.6 Å². The van der Waals surface area contributed by atoms with Gasteiger partial charge in [0.05, 0.1) is 5.56 Å². The number of alkyl halides is 3. The van der Waals surface area contributed by atoms with Crippen molar-refractivity contribution in [1.29, 1.82) is 0 Å². The summed E-state index contributed by atoms with van der Waals surface area (Å²) in [6.45, 7) is 0. The SMILES string of the molecule is O=S(=O)(Nc1cc(C(F)(F)F)ccn1)c1cccnc1. The van der Waals surface area contributed by atoms with Gasteiger partial charge < -0.3 is 0 Å². The Hall–Kier alpha value is -2.16. The molecule has 1 N–H and O–H groups in total. The molecule has 0 aliphatic rings. The minimum atomic E-state index is -4.57. The molecule has 0 bridgehead atoms. The van der Waals surface area contributed by atoms with Crippen LogP contribution in [0.25, 0.3) is 0 Å². The molecule has 0 saturated heterocycles. The van der Waals surface area contributed by atoms with Gasteiger partial charge in [-0.25, -0.2) is 13.4 Å². The summed E-state index contributed by atoms with van der Waals surface area (Å²) in [4.78, 5) is 7.02. The Morgan fingerprint density at radius 3 is 2.50 bits per heavy atom. The Kier molecular flexibility index (Phi) is 3.62. The summed E-state index contributed by atoms with van der Waals surface area (Å²) in [5.74, 6) is -0.413. The number of anilines is 1. The van der Waals surface area contributed by atoms with Gasteiger partial charge in [-0.2, -0.15) is 13.2 Å². The Balaban J connectivity index is 2.31. The molecule has 0 aromatic carbocycles. The molecule has 0 amide bonds. The molecule has 0 unspecified atom stereocenters. The van der Waals surface area contributed by atoms with Crippen LogP contribution in [0.5, 0.6) is 0 Å². The molecular weight excluding hydrogens is 295 g/mol. The van der Waals surface area contributed by atoms with Crippen LogP contribution in [-0.4, -0.2) is 18.4 Å². The number of nitrogens with zero attached hydrogens (tertiary/aromatic N) is 2. The first-order chi connectivity index (χ1) is 9.29. The van der Waals surface area contributed by atoms with Crippen molar-refractivity contribution >= 4 is 15.8 Å². The molecule has 0 aliphatic heterocycles. The van der Waals surface area contributed by atoms with E-state index < -0.39 is 27.6 Å². The van der Waals surface area contributed by atoms with Crippen molar-refractivity contribution in [1.82, 2.24) is 9.97 Å². The predicted molar refractivity (Wildman–Crippen MR) is 64.3 cm³/mol. The van der Waals surface area contributed by atoms with E-state index >= 15 is 0 Å². The van der Waals surface area contributed by atoms with Crippen LogP contribution >= 0.6 is 0 Å². The molecule has 0 spiro atoms. The van der Waals surface area contributed by atoms with Gasteiger partial charge >= 0.3 is 6.18 Å². The van der Waals surface area contributed by atoms with Crippen molar-refractivity contribution in [3.05, 3.63) is 48.4 Å². The summed E-state index contributed by atoms with van der Waals surface area (Å²) in [6.07, 6.45) is -1.24. The molecule has 0 atom stereocenters. The van der Waals surface area contributed by atoms with E-state index in [1.54, 1.807) is 0 Å². The van der Waals surface area contributed by atoms with Gasteiger partial charge in [-0.3, -0.25) is 9.71 Å². The third kappa shape index (κ3) is 3.23. The third-order valence-corrected chi connectivity index (χ3v) is 3.61. The van der Waals surface area contributed by atoms with Crippen LogP contribution < -0.4 is 4.72 Å². The first kappa shape index (κ1) is 14.3. The lowest BCUT2D eigenvalue weighted by Gasteiger charge is -2.10. The van der Waals surface area contributed by atoms with Gasteiger partial charge in [0.25, 0.3) is 10.0 Å². The lowest BCUT2D eigenvalue weighted by atomic mass is 10.2. The second-order valence-electron chi connectivity index (χ2n) is 3.72. The largest absolute Gasteiger partial charge is 0.416 e. The van der Waals surface area contributed by atoms with Crippen LogP contribution in [0.3, 0.4) is 0 Å². The van der Waals surface area contributed by atoms with Gasteiger partial charge in [0.2, 0.25) is 0 Å². The highest BCUT2D eigenvalue weighted by Crippen LogP contribution is 2.30. The number of halogens is 3. The van der Waals surface area contributed by atoms with E-state index in [-0.39, 0.29) is 4.90 Å². The van der Waals surface area contributed by atoms with E-state index in [0.717, 1.165) is 18.5 Å². The first-order valence-corrected chi connectivity index (χ1v) is 6.73. The van der Waals surface area contributed by atoms with Crippen molar-refractivity contribution in [3.63, 3.8) is 0 Å². The average molecular weight is 303 g/mol. The fraction of sp³-hybridized carbons (Fsp3) is 0.0909. The third-order valence-electron chi connectivity index (χ3n) is 2.27. The van der Waals surface area contributed by atoms with E-state index in [0.29, 0.717) is 6.07 Å². The molecule has 5 nitrogen and oxygen atoms in total. The van der Waals surface area contributed by atoms with Gasteiger partial charge in [-0.05, 0) is 24.3 Å². The van der Waals surface area contributed by atoms with Crippen LogP contribution in [0.1, 0.15) is 5.56 Å². The highest BCUT2D eigenvalue weighted by Gasteiger charge is 2.31. The topological polar surface area (TPSA) is 72.0 Å². The van der Waals surface area contributed by atoms with Crippen LogP contribution in [-0.2, 0) is 16.2 Å². The molecule has 9 heteroatoms.